The van der Waals surface area contributed by atoms with Crippen molar-refractivity contribution < 1.29 is 9.21 Å². The van der Waals surface area contributed by atoms with Gasteiger partial charge in [0.25, 0.3) is 5.91 Å². The number of hydrogen-bond acceptors (Lipinski definition) is 2. The molecule has 1 amide bonds. The lowest BCUT2D eigenvalue weighted by atomic mass is 10.2. The van der Waals surface area contributed by atoms with Crippen molar-refractivity contribution in [1.82, 2.24) is 4.90 Å². The van der Waals surface area contributed by atoms with E-state index in [1.165, 1.54) is 4.90 Å². The molecule has 2 rings (SSSR count). The maximum absolute atomic E-state index is 11.7. The Hall–Kier alpha value is -1.55. The highest BCUT2D eigenvalue weighted by atomic mass is 79.9. The van der Waals surface area contributed by atoms with E-state index in [0.29, 0.717) is 11.5 Å². The zero-order valence-electron chi connectivity index (χ0n) is 9.61. The van der Waals surface area contributed by atoms with E-state index in [2.05, 4.69) is 15.9 Å². The fourth-order valence-electron chi connectivity index (χ4n) is 1.48. The average Bonchev–Trinajstić information content (AvgIpc) is 2.77. The SMILES string of the molecule is CN(C)C(=O)c1ccc(-c2ccccc2Br)o1. The summed E-state index contributed by atoms with van der Waals surface area (Å²) >= 11 is 3.45. The molecule has 1 aromatic carbocycles. The van der Waals surface area contributed by atoms with Crippen LogP contribution >= 0.6 is 15.9 Å². The summed E-state index contributed by atoms with van der Waals surface area (Å²) in [5.41, 5.74) is 0.935. The molecule has 0 aliphatic rings. The second kappa shape index (κ2) is 4.75. The van der Waals surface area contributed by atoms with E-state index in [1.54, 1.807) is 26.2 Å². The fourth-order valence-corrected chi connectivity index (χ4v) is 1.96. The smallest absolute Gasteiger partial charge is 0.289 e. The number of rotatable bonds is 2. The van der Waals surface area contributed by atoms with Crippen LogP contribution in [0, 0.1) is 0 Å². The highest BCUT2D eigenvalue weighted by Gasteiger charge is 2.14. The number of furan rings is 1. The maximum atomic E-state index is 11.7. The van der Waals surface area contributed by atoms with Crippen LogP contribution < -0.4 is 0 Å². The summed E-state index contributed by atoms with van der Waals surface area (Å²) in [6.45, 7) is 0. The fraction of sp³-hybridized carbons (Fsp3) is 0.154. The molecule has 0 saturated heterocycles. The lowest BCUT2D eigenvalue weighted by Crippen LogP contribution is -2.20. The van der Waals surface area contributed by atoms with Gasteiger partial charge >= 0.3 is 0 Å². The van der Waals surface area contributed by atoms with E-state index in [9.17, 15) is 4.79 Å². The van der Waals surface area contributed by atoms with E-state index in [-0.39, 0.29) is 5.91 Å². The van der Waals surface area contributed by atoms with E-state index in [4.69, 9.17) is 4.42 Å². The Bertz CT molecular complexity index is 546. The first kappa shape index (κ1) is 11.9. The first-order valence-corrected chi connectivity index (χ1v) is 5.95. The van der Waals surface area contributed by atoms with Gasteiger partial charge in [0.15, 0.2) is 5.76 Å². The standard InChI is InChI=1S/C13H12BrNO2/c1-15(2)13(16)12-8-7-11(17-12)9-5-3-4-6-10(9)14/h3-8H,1-2H3. The van der Waals surface area contributed by atoms with Crippen molar-refractivity contribution >= 4 is 21.8 Å². The van der Waals surface area contributed by atoms with Gasteiger partial charge in [0.05, 0.1) is 0 Å². The molecule has 0 radical (unpaired) electrons. The first-order chi connectivity index (χ1) is 8.09. The molecule has 0 aliphatic heterocycles. The summed E-state index contributed by atoms with van der Waals surface area (Å²) < 4.78 is 6.50. The van der Waals surface area contributed by atoms with Gasteiger partial charge in [-0.3, -0.25) is 4.79 Å². The Morgan fingerprint density at radius 3 is 2.53 bits per heavy atom. The third kappa shape index (κ3) is 2.42. The van der Waals surface area contributed by atoms with Gasteiger partial charge in [-0.25, -0.2) is 0 Å². The summed E-state index contributed by atoms with van der Waals surface area (Å²) in [4.78, 5) is 13.2. The average molecular weight is 294 g/mol. The Morgan fingerprint density at radius 1 is 1.18 bits per heavy atom. The minimum absolute atomic E-state index is 0.136. The Balaban J connectivity index is 2.37. The summed E-state index contributed by atoms with van der Waals surface area (Å²) in [6, 6.07) is 11.2. The summed E-state index contributed by atoms with van der Waals surface area (Å²) in [5.74, 6) is 0.895. The van der Waals surface area contributed by atoms with Crippen LogP contribution in [0.5, 0.6) is 0 Å². The zero-order valence-corrected chi connectivity index (χ0v) is 11.2. The quantitative estimate of drug-likeness (QED) is 0.850. The topological polar surface area (TPSA) is 33.5 Å². The number of nitrogens with zero attached hydrogens (tertiary/aromatic N) is 1. The van der Waals surface area contributed by atoms with Crippen molar-refractivity contribution in [3.63, 3.8) is 0 Å². The van der Waals surface area contributed by atoms with E-state index < -0.39 is 0 Å². The lowest BCUT2D eigenvalue weighted by Gasteiger charge is -2.06. The van der Waals surface area contributed by atoms with Gasteiger partial charge in [-0.1, -0.05) is 34.1 Å². The van der Waals surface area contributed by atoms with Crippen LogP contribution in [0.4, 0.5) is 0 Å². The van der Waals surface area contributed by atoms with Crippen molar-refractivity contribution in [3.8, 4) is 11.3 Å². The van der Waals surface area contributed by atoms with Crippen LogP contribution in [-0.2, 0) is 0 Å². The molecular formula is C13H12BrNO2. The molecule has 0 fully saturated rings. The van der Waals surface area contributed by atoms with E-state index in [0.717, 1.165) is 10.0 Å². The first-order valence-electron chi connectivity index (χ1n) is 5.16. The van der Waals surface area contributed by atoms with Crippen molar-refractivity contribution in [3.05, 3.63) is 46.6 Å². The van der Waals surface area contributed by atoms with Crippen LogP contribution in [0.25, 0.3) is 11.3 Å². The Morgan fingerprint density at radius 2 is 1.88 bits per heavy atom. The van der Waals surface area contributed by atoms with E-state index >= 15 is 0 Å². The number of carbonyl (C=O) groups is 1. The largest absolute Gasteiger partial charge is 0.451 e. The van der Waals surface area contributed by atoms with Gasteiger partial charge in [0.2, 0.25) is 0 Å². The molecule has 0 saturated carbocycles. The molecular weight excluding hydrogens is 282 g/mol. The Kier molecular flexibility index (Phi) is 3.33. The number of halogens is 1. The summed E-state index contributed by atoms with van der Waals surface area (Å²) in [6.07, 6.45) is 0. The molecule has 0 N–H and O–H groups in total. The van der Waals surface area contributed by atoms with Crippen molar-refractivity contribution in [2.24, 2.45) is 0 Å². The van der Waals surface area contributed by atoms with E-state index in [1.807, 2.05) is 24.3 Å². The van der Waals surface area contributed by atoms with Crippen molar-refractivity contribution in [2.45, 2.75) is 0 Å². The third-order valence-electron chi connectivity index (χ3n) is 2.36. The molecule has 3 nitrogen and oxygen atoms in total. The van der Waals surface area contributed by atoms with Crippen molar-refractivity contribution in [2.75, 3.05) is 14.1 Å². The highest BCUT2D eigenvalue weighted by Crippen LogP contribution is 2.29. The number of carbonyl (C=O) groups excluding carboxylic acids is 1. The second-order valence-corrected chi connectivity index (χ2v) is 4.70. The molecule has 17 heavy (non-hydrogen) atoms. The molecule has 0 bridgehead atoms. The second-order valence-electron chi connectivity index (χ2n) is 3.84. The maximum Gasteiger partial charge on any atom is 0.289 e. The molecule has 0 aliphatic carbocycles. The van der Waals surface area contributed by atoms with Gasteiger partial charge in [-0.05, 0) is 18.2 Å². The molecule has 2 aromatic rings. The number of amides is 1. The number of benzene rings is 1. The molecule has 0 unspecified atom stereocenters. The molecule has 4 heteroatoms. The van der Waals surface area contributed by atoms with Crippen LogP contribution in [0.15, 0.2) is 45.3 Å². The monoisotopic (exact) mass is 293 g/mol. The predicted molar refractivity (Wildman–Crippen MR) is 69.9 cm³/mol. The lowest BCUT2D eigenvalue weighted by molar-refractivity contribution is 0.0797. The van der Waals surface area contributed by atoms with Gasteiger partial charge in [-0.2, -0.15) is 0 Å². The normalized spacial score (nSPS) is 10.3. The zero-order chi connectivity index (χ0) is 12.4. The Labute approximate surface area is 108 Å². The minimum atomic E-state index is -0.136. The molecule has 1 heterocycles. The van der Waals surface area contributed by atoms with Crippen LogP contribution in [-0.4, -0.2) is 24.9 Å². The van der Waals surface area contributed by atoms with Gasteiger partial charge in [-0.15, -0.1) is 0 Å². The minimum Gasteiger partial charge on any atom is -0.451 e. The molecule has 88 valence electrons. The number of hydrogen-bond donors (Lipinski definition) is 0. The molecule has 0 atom stereocenters. The van der Waals surface area contributed by atoms with Crippen molar-refractivity contribution in [1.29, 1.82) is 0 Å². The van der Waals surface area contributed by atoms with Crippen LogP contribution in [0.1, 0.15) is 10.6 Å². The van der Waals surface area contributed by atoms with Gasteiger partial charge in [0, 0.05) is 24.1 Å². The van der Waals surface area contributed by atoms with Gasteiger partial charge < -0.3 is 9.32 Å². The van der Waals surface area contributed by atoms with Crippen LogP contribution in [0.2, 0.25) is 0 Å². The summed E-state index contributed by atoms with van der Waals surface area (Å²) in [5, 5.41) is 0. The third-order valence-corrected chi connectivity index (χ3v) is 3.05. The molecule has 0 spiro atoms. The highest BCUT2D eigenvalue weighted by molar-refractivity contribution is 9.10. The molecule has 1 aromatic heterocycles. The summed E-state index contributed by atoms with van der Waals surface area (Å²) in [7, 11) is 3.39. The predicted octanol–water partition coefficient (Wildman–Crippen LogP) is 3.41. The van der Waals surface area contributed by atoms with Gasteiger partial charge in [0.1, 0.15) is 5.76 Å². The van der Waals surface area contributed by atoms with Crippen LogP contribution in [0.3, 0.4) is 0 Å².